The number of hydrogen-bond acceptors (Lipinski definition) is 3. The number of aliphatic hydroxyl groups excluding tert-OH is 2. The third kappa shape index (κ3) is 2.98. The van der Waals surface area contributed by atoms with Gasteiger partial charge in [0.05, 0.1) is 0 Å². The van der Waals surface area contributed by atoms with Crippen LogP contribution in [0.2, 0.25) is 0 Å². The molecule has 0 heterocycles. The molecule has 0 aliphatic heterocycles. The van der Waals surface area contributed by atoms with E-state index in [1.54, 1.807) is 0 Å². The molecule has 0 radical (unpaired) electrons. The second-order valence-electron chi connectivity index (χ2n) is 4.09. The normalized spacial score (nSPS) is 17.4. The number of alkyl halides is 2. The molecule has 3 atom stereocenters. The van der Waals surface area contributed by atoms with Crippen LogP contribution >= 0.6 is 0 Å². The molecule has 0 aliphatic carbocycles. The van der Waals surface area contributed by atoms with Crippen molar-refractivity contribution >= 4 is 0 Å². The number of benzene rings is 1. The zero-order valence-corrected chi connectivity index (χ0v) is 9.91. The topological polar surface area (TPSA) is 89.2 Å². The molecule has 8 heteroatoms. The minimum atomic E-state index is -3.25. The van der Waals surface area contributed by atoms with Crippen molar-refractivity contribution in [2.24, 2.45) is 5.11 Å². The average Bonchev–Trinajstić information content (AvgIpc) is 2.37. The second-order valence-corrected chi connectivity index (χ2v) is 4.09. The molecule has 1 aromatic carbocycles. The summed E-state index contributed by atoms with van der Waals surface area (Å²) in [5.74, 6) is -0.835. The highest BCUT2D eigenvalue weighted by atomic mass is 19.3. The third-order valence-electron chi connectivity index (χ3n) is 2.83. The molecule has 1 unspecified atom stereocenters. The van der Waals surface area contributed by atoms with E-state index in [1.165, 1.54) is 18.2 Å². The fourth-order valence-corrected chi connectivity index (χ4v) is 1.71. The van der Waals surface area contributed by atoms with Crippen LogP contribution in [-0.2, 0) is 5.54 Å². The highest BCUT2D eigenvalue weighted by molar-refractivity contribution is 5.28. The van der Waals surface area contributed by atoms with Gasteiger partial charge in [-0.2, -0.15) is 0 Å². The maximum absolute atomic E-state index is 13.7. The fraction of sp³-hybridized carbons (Fsp3) is 0.455. The van der Waals surface area contributed by atoms with Crippen molar-refractivity contribution < 1.29 is 23.4 Å². The Kier molecular flexibility index (Phi) is 4.77. The Hall–Kier alpha value is -1.76. The third-order valence-corrected chi connectivity index (χ3v) is 2.83. The first-order valence-corrected chi connectivity index (χ1v) is 5.30. The summed E-state index contributed by atoms with van der Waals surface area (Å²) in [6, 6.07) is 4.96. The Bertz CT molecular complexity index is 494. The molecule has 2 N–H and O–H groups in total. The smallest absolute Gasteiger partial charge is 0.266 e. The summed E-state index contributed by atoms with van der Waals surface area (Å²) in [5, 5.41) is 22.1. The molecule has 0 bridgehead atoms. The summed E-state index contributed by atoms with van der Waals surface area (Å²) >= 11 is 0. The summed E-state index contributed by atoms with van der Waals surface area (Å²) < 4.78 is 38.5. The van der Waals surface area contributed by atoms with E-state index < -0.39 is 30.0 Å². The molecular weight excluding hydrogens is 263 g/mol. The van der Waals surface area contributed by atoms with E-state index in [1.807, 2.05) is 0 Å². The molecule has 1 aromatic rings. The Morgan fingerprint density at radius 3 is 2.37 bits per heavy atom. The van der Waals surface area contributed by atoms with Crippen molar-refractivity contribution in [2.75, 3.05) is 0 Å². The monoisotopic (exact) mass is 275 g/mol. The highest BCUT2D eigenvalue weighted by Crippen LogP contribution is 2.34. The first-order valence-electron chi connectivity index (χ1n) is 5.30. The van der Waals surface area contributed by atoms with Gasteiger partial charge >= 0.3 is 0 Å². The van der Waals surface area contributed by atoms with Gasteiger partial charge < -0.3 is 10.2 Å². The lowest BCUT2D eigenvalue weighted by atomic mass is 9.84. The summed E-state index contributed by atoms with van der Waals surface area (Å²) in [7, 11) is 0. The minimum absolute atomic E-state index is 0.278. The molecule has 19 heavy (non-hydrogen) atoms. The predicted molar refractivity (Wildman–Crippen MR) is 60.9 cm³/mol. The standard InChI is InChI=1S/C11H12F3N3O2/c1-11(16-17-15,9(19)8(18)10(13)14)6-4-2-3-5-7(6)12/h2-5,8-10,18-19H,1H3/t8-,9-,11?/m0/s1. The number of aliphatic hydroxyl groups is 2. The first kappa shape index (κ1) is 15.3. The molecule has 0 aromatic heterocycles. The molecule has 104 valence electrons. The van der Waals surface area contributed by atoms with Crippen molar-refractivity contribution in [3.63, 3.8) is 0 Å². The largest absolute Gasteiger partial charge is 0.389 e. The van der Waals surface area contributed by atoms with Gasteiger partial charge in [-0.3, -0.25) is 0 Å². The van der Waals surface area contributed by atoms with Crippen LogP contribution in [0.25, 0.3) is 10.4 Å². The van der Waals surface area contributed by atoms with Crippen molar-refractivity contribution in [3.8, 4) is 0 Å². The number of nitrogens with zero attached hydrogens (tertiary/aromatic N) is 3. The molecular formula is C11H12F3N3O2. The zero-order chi connectivity index (χ0) is 14.6. The van der Waals surface area contributed by atoms with E-state index in [9.17, 15) is 23.4 Å². The fourth-order valence-electron chi connectivity index (χ4n) is 1.71. The van der Waals surface area contributed by atoms with Crippen LogP contribution in [-0.4, -0.2) is 28.8 Å². The van der Waals surface area contributed by atoms with Crippen LogP contribution in [0.4, 0.5) is 13.2 Å². The maximum Gasteiger partial charge on any atom is 0.266 e. The van der Waals surface area contributed by atoms with Crippen LogP contribution in [0, 0.1) is 5.82 Å². The Morgan fingerprint density at radius 1 is 1.32 bits per heavy atom. The van der Waals surface area contributed by atoms with Gasteiger partial charge in [0.15, 0.2) is 0 Å². The quantitative estimate of drug-likeness (QED) is 0.490. The van der Waals surface area contributed by atoms with Crippen LogP contribution in [0.3, 0.4) is 0 Å². The molecule has 0 aliphatic rings. The van der Waals surface area contributed by atoms with E-state index in [4.69, 9.17) is 5.53 Å². The zero-order valence-electron chi connectivity index (χ0n) is 9.91. The summed E-state index contributed by atoms with van der Waals surface area (Å²) in [6.45, 7) is 1.07. The summed E-state index contributed by atoms with van der Waals surface area (Å²) in [6.07, 6.45) is -7.87. The van der Waals surface area contributed by atoms with E-state index in [0.717, 1.165) is 13.0 Å². The number of azide groups is 1. The van der Waals surface area contributed by atoms with Crippen molar-refractivity contribution in [1.29, 1.82) is 0 Å². The highest BCUT2D eigenvalue weighted by Gasteiger charge is 2.43. The molecule has 0 saturated heterocycles. The van der Waals surface area contributed by atoms with Gasteiger partial charge in [-0.15, -0.1) is 0 Å². The average molecular weight is 275 g/mol. The van der Waals surface area contributed by atoms with Crippen LogP contribution in [0.15, 0.2) is 29.4 Å². The van der Waals surface area contributed by atoms with E-state index in [2.05, 4.69) is 10.0 Å². The molecule has 0 fully saturated rings. The van der Waals surface area contributed by atoms with Gasteiger partial charge in [0, 0.05) is 10.5 Å². The van der Waals surface area contributed by atoms with Gasteiger partial charge in [0.2, 0.25) is 0 Å². The first-order chi connectivity index (χ1) is 8.84. The summed E-state index contributed by atoms with van der Waals surface area (Å²) in [4.78, 5) is 2.43. The molecule has 5 nitrogen and oxygen atoms in total. The second kappa shape index (κ2) is 5.92. The van der Waals surface area contributed by atoms with Gasteiger partial charge in [-0.25, -0.2) is 13.2 Å². The van der Waals surface area contributed by atoms with Crippen LogP contribution < -0.4 is 0 Å². The van der Waals surface area contributed by atoms with E-state index in [0.29, 0.717) is 0 Å². The van der Waals surface area contributed by atoms with Crippen molar-refractivity contribution in [1.82, 2.24) is 0 Å². The van der Waals surface area contributed by atoms with E-state index >= 15 is 0 Å². The van der Waals surface area contributed by atoms with Crippen molar-refractivity contribution in [3.05, 3.63) is 46.1 Å². The number of hydrogen-bond donors (Lipinski definition) is 2. The lowest BCUT2D eigenvalue weighted by molar-refractivity contribution is -0.100. The van der Waals surface area contributed by atoms with Crippen molar-refractivity contribution in [2.45, 2.75) is 31.1 Å². The minimum Gasteiger partial charge on any atom is -0.389 e. The van der Waals surface area contributed by atoms with Crippen LogP contribution in [0.1, 0.15) is 12.5 Å². The van der Waals surface area contributed by atoms with Gasteiger partial charge in [0.25, 0.3) is 6.43 Å². The van der Waals surface area contributed by atoms with Gasteiger partial charge in [-0.05, 0) is 18.5 Å². The molecule has 0 amide bonds. The summed E-state index contributed by atoms with van der Waals surface area (Å²) in [5.41, 5.74) is 6.16. The van der Waals surface area contributed by atoms with Gasteiger partial charge in [-0.1, -0.05) is 23.3 Å². The number of halogens is 3. The lowest BCUT2D eigenvalue weighted by Crippen LogP contribution is -2.46. The predicted octanol–water partition coefficient (Wildman–Crippen LogP) is 2.34. The Labute approximate surface area is 106 Å². The molecule has 1 rings (SSSR count). The molecule has 0 saturated carbocycles. The maximum atomic E-state index is 13.7. The lowest BCUT2D eigenvalue weighted by Gasteiger charge is -2.33. The van der Waals surface area contributed by atoms with E-state index in [-0.39, 0.29) is 5.56 Å². The Balaban J connectivity index is 3.33. The van der Waals surface area contributed by atoms with Crippen LogP contribution in [0.5, 0.6) is 0 Å². The van der Waals surface area contributed by atoms with Gasteiger partial charge in [0.1, 0.15) is 23.6 Å². The SMILES string of the molecule is CC(N=[N+]=[N-])(c1ccccc1F)[C@@H](O)[C@H](O)C(F)F. The number of rotatable bonds is 5. The molecule has 0 spiro atoms. The Morgan fingerprint density at radius 2 is 1.89 bits per heavy atom.